The lowest BCUT2D eigenvalue weighted by Crippen LogP contribution is -2.16. The van der Waals surface area contributed by atoms with E-state index in [0.717, 1.165) is 22.5 Å². The minimum atomic E-state index is 0.957. The van der Waals surface area contributed by atoms with Gasteiger partial charge in [0.2, 0.25) is 0 Å². The minimum absolute atomic E-state index is 0.957. The number of aromatic nitrogens is 1. The number of benzene rings is 1. The van der Waals surface area contributed by atoms with Crippen molar-refractivity contribution in [2.24, 2.45) is 0 Å². The van der Waals surface area contributed by atoms with Crippen molar-refractivity contribution in [3.05, 3.63) is 91.0 Å². The average Bonchev–Trinajstić information content (AvgIpc) is 2.49. The molecular weight excluding hydrogens is 232 g/mol. The minimum Gasteiger partial charge on any atom is -0.317 e. The summed E-state index contributed by atoms with van der Waals surface area (Å²) in [5, 5.41) is 0. The predicted octanol–water partition coefficient (Wildman–Crippen LogP) is 4.01. The number of anilines is 1. The van der Waals surface area contributed by atoms with Crippen molar-refractivity contribution >= 4 is 11.3 Å². The molecule has 0 spiro atoms. The van der Waals surface area contributed by atoms with Crippen LogP contribution in [0.5, 0.6) is 0 Å². The topological polar surface area (TPSA) is 16.1 Å². The summed E-state index contributed by atoms with van der Waals surface area (Å²) in [7, 11) is 0. The maximum Gasteiger partial charge on any atom is 0.0455 e. The van der Waals surface area contributed by atoms with E-state index in [1.54, 1.807) is 6.20 Å². The van der Waals surface area contributed by atoms with Gasteiger partial charge in [0.15, 0.2) is 0 Å². The zero-order chi connectivity index (χ0) is 13.1. The molecule has 3 rings (SSSR count). The molecule has 19 heavy (non-hydrogen) atoms. The Morgan fingerprint density at radius 3 is 2.53 bits per heavy atom. The lowest BCUT2D eigenvalue weighted by molar-refractivity contribution is 1.20. The van der Waals surface area contributed by atoms with E-state index >= 15 is 0 Å². The molecule has 0 aliphatic carbocycles. The highest BCUT2D eigenvalue weighted by Crippen LogP contribution is 2.27. The fourth-order valence-corrected chi connectivity index (χ4v) is 2.06. The predicted molar refractivity (Wildman–Crippen MR) is 79.4 cm³/mol. The monoisotopic (exact) mass is 246 g/mol. The average molecular weight is 246 g/mol. The van der Waals surface area contributed by atoms with Gasteiger partial charge in [0.1, 0.15) is 0 Å². The molecule has 1 aliphatic heterocycles. The molecule has 0 radical (unpaired) electrons. The van der Waals surface area contributed by atoms with Gasteiger partial charge in [0.25, 0.3) is 0 Å². The normalized spacial score (nSPS) is 14.4. The second-order valence-electron chi connectivity index (χ2n) is 4.36. The van der Waals surface area contributed by atoms with Crippen molar-refractivity contribution in [2.75, 3.05) is 4.90 Å². The van der Waals surface area contributed by atoms with Gasteiger partial charge in [0.05, 0.1) is 0 Å². The SMILES string of the molecule is C=C1C=CC(c2cccnc2)=CN1c1ccccc1. The first-order valence-corrected chi connectivity index (χ1v) is 6.18. The van der Waals surface area contributed by atoms with Gasteiger partial charge in [-0.15, -0.1) is 0 Å². The van der Waals surface area contributed by atoms with Crippen molar-refractivity contribution in [3.63, 3.8) is 0 Å². The lowest BCUT2D eigenvalue weighted by Gasteiger charge is -2.25. The van der Waals surface area contributed by atoms with Crippen LogP contribution in [0, 0.1) is 0 Å². The Labute approximate surface area is 113 Å². The van der Waals surface area contributed by atoms with E-state index in [1.165, 1.54) is 0 Å². The molecule has 2 nitrogen and oxygen atoms in total. The fraction of sp³-hybridized carbons (Fsp3) is 0. The Bertz CT molecular complexity index is 639. The zero-order valence-electron chi connectivity index (χ0n) is 10.5. The summed E-state index contributed by atoms with van der Waals surface area (Å²) in [6, 6.07) is 14.2. The van der Waals surface area contributed by atoms with Gasteiger partial charge in [-0.1, -0.05) is 36.9 Å². The van der Waals surface area contributed by atoms with Gasteiger partial charge < -0.3 is 4.90 Å². The van der Waals surface area contributed by atoms with E-state index in [0.29, 0.717) is 0 Å². The van der Waals surface area contributed by atoms with Crippen LogP contribution in [-0.4, -0.2) is 4.98 Å². The van der Waals surface area contributed by atoms with Crippen LogP contribution in [-0.2, 0) is 0 Å². The number of hydrogen-bond acceptors (Lipinski definition) is 2. The molecule has 0 saturated heterocycles. The lowest BCUT2D eigenvalue weighted by atomic mass is 10.1. The van der Waals surface area contributed by atoms with E-state index < -0.39 is 0 Å². The number of allylic oxidation sites excluding steroid dienone is 3. The van der Waals surface area contributed by atoms with Gasteiger partial charge in [-0.25, -0.2) is 0 Å². The van der Waals surface area contributed by atoms with Crippen LogP contribution >= 0.6 is 0 Å². The maximum absolute atomic E-state index is 4.16. The molecule has 1 aromatic heterocycles. The van der Waals surface area contributed by atoms with Crippen LogP contribution in [0.25, 0.3) is 5.57 Å². The van der Waals surface area contributed by atoms with Crippen molar-refractivity contribution in [1.82, 2.24) is 4.98 Å². The first-order chi connectivity index (χ1) is 9.34. The summed E-state index contributed by atoms with van der Waals surface area (Å²) in [6.07, 6.45) is 9.83. The Morgan fingerprint density at radius 2 is 1.79 bits per heavy atom. The molecule has 2 aromatic rings. The molecule has 1 aliphatic rings. The van der Waals surface area contributed by atoms with E-state index in [9.17, 15) is 0 Å². The molecule has 2 heterocycles. The molecule has 2 heteroatoms. The molecule has 0 unspecified atom stereocenters. The third-order valence-corrected chi connectivity index (χ3v) is 3.06. The van der Waals surface area contributed by atoms with E-state index in [2.05, 4.69) is 46.9 Å². The molecule has 92 valence electrons. The molecular formula is C17H14N2. The molecule has 0 N–H and O–H groups in total. The zero-order valence-corrected chi connectivity index (χ0v) is 10.5. The molecule has 0 amide bonds. The number of para-hydroxylation sites is 1. The van der Waals surface area contributed by atoms with Gasteiger partial charge >= 0.3 is 0 Å². The third-order valence-electron chi connectivity index (χ3n) is 3.06. The molecule has 1 aromatic carbocycles. The van der Waals surface area contributed by atoms with E-state index in [4.69, 9.17) is 0 Å². The number of pyridine rings is 1. The van der Waals surface area contributed by atoms with Crippen LogP contribution in [0.2, 0.25) is 0 Å². The first-order valence-electron chi connectivity index (χ1n) is 6.18. The quantitative estimate of drug-likeness (QED) is 0.795. The van der Waals surface area contributed by atoms with Gasteiger partial charge in [-0.05, 0) is 29.8 Å². The van der Waals surface area contributed by atoms with Crippen LogP contribution in [0.3, 0.4) is 0 Å². The van der Waals surface area contributed by atoms with Crippen LogP contribution in [0.4, 0.5) is 5.69 Å². The standard InChI is InChI=1S/C17H14N2/c1-14-9-10-16(15-6-5-11-18-12-15)13-19(14)17-7-3-2-4-8-17/h2-13H,1H2. The Hall–Kier alpha value is -2.61. The van der Waals surface area contributed by atoms with Gasteiger partial charge in [0, 0.05) is 35.5 Å². The number of nitrogens with zero attached hydrogens (tertiary/aromatic N) is 2. The first kappa shape index (κ1) is 11.5. The molecule has 0 atom stereocenters. The second kappa shape index (κ2) is 4.94. The van der Waals surface area contributed by atoms with Crippen LogP contribution in [0.1, 0.15) is 5.56 Å². The second-order valence-corrected chi connectivity index (χ2v) is 4.36. The Kier molecular flexibility index (Phi) is 2.99. The Morgan fingerprint density at radius 1 is 0.947 bits per heavy atom. The number of rotatable bonds is 2. The van der Waals surface area contributed by atoms with Crippen molar-refractivity contribution < 1.29 is 0 Å². The summed E-state index contributed by atoms with van der Waals surface area (Å²) < 4.78 is 0. The summed E-state index contributed by atoms with van der Waals surface area (Å²) in [5.41, 5.74) is 4.30. The van der Waals surface area contributed by atoms with Crippen molar-refractivity contribution in [1.29, 1.82) is 0 Å². The summed E-state index contributed by atoms with van der Waals surface area (Å²) in [6.45, 7) is 4.08. The highest BCUT2D eigenvalue weighted by Gasteiger charge is 2.11. The highest BCUT2D eigenvalue weighted by atomic mass is 15.1. The van der Waals surface area contributed by atoms with Crippen molar-refractivity contribution in [3.8, 4) is 0 Å². The van der Waals surface area contributed by atoms with Crippen LogP contribution in [0.15, 0.2) is 85.5 Å². The summed E-state index contributed by atoms with van der Waals surface area (Å²) in [5.74, 6) is 0. The van der Waals surface area contributed by atoms with Crippen molar-refractivity contribution in [2.45, 2.75) is 0 Å². The van der Waals surface area contributed by atoms with Crippen LogP contribution < -0.4 is 4.90 Å². The third kappa shape index (κ3) is 2.33. The molecule has 0 fully saturated rings. The number of hydrogen-bond donors (Lipinski definition) is 0. The highest BCUT2D eigenvalue weighted by molar-refractivity contribution is 5.80. The van der Waals surface area contributed by atoms with Gasteiger partial charge in [-0.3, -0.25) is 4.98 Å². The molecule has 0 bridgehead atoms. The van der Waals surface area contributed by atoms with E-state index in [1.807, 2.05) is 36.5 Å². The maximum atomic E-state index is 4.16. The van der Waals surface area contributed by atoms with Gasteiger partial charge in [-0.2, -0.15) is 0 Å². The Balaban J connectivity index is 2.00. The smallest absolute Gasteiger partial charge is 0.0455 e. The summed E-state index contributed by atoms with van der Waals surface area (Å²) in [4.78, 5) is 6.25. The summed E-state index contributed by atoms with van der Waals surface area (Å²) >= 11 is 0. The largest absolute Gasteiger partial charge is 0.317 e. The van der Waals surface area contributed by atoms with E-state index in [-0.39, 0.29) is 0 Å². The fourth-order valence-electron chi connectivity index (χ4n) is 2.06. The molecule has 0 saturated carbocycles.